The number of aromatic nitrogens is 2. The highest BCUT2D eigenvalue weighted by molar-refractivity contribution is 6.31. The number of nitrogens with zero attached hydrogens (tertiary/aromatic N) is 2. The van der Waals surface area contributed by atoms with E-state index >= 15 is 0 Å². The van der Waals surface area contributed by atoms with E-state index in [2.05, 4.69) is 5.10 Å². The molecular formula is C18H14ClFN2O2. The normalized spacial score (nSPS) is 10.6. The van der Waals surface area contributed by atoms with Crippen molar-refractivity contribution >= 4 is 11.6 Å². The van der Waals surface area contributed by atoms with Gasteiger partial charge in [0.1, 0.15) is 11.6 Å². The van der Waals surface area contributed by atoms with E-state index in [1.165, 1.54) is 22.9 Å². The van der Waals surface area contributed by atoms with Crippen LogP contribution in [0.15, 0.2) is 59.4 Å². The van der Waals surface area contributed by atoms with E-state index in [1.807, 2.05) is 18.2 Å². The minimum atomic E-state index is -0.473. The van der Waals surface area contributed by atoms with Gasteiger partial charge in [0.15, 0.2) is 0 Å². The minimum absolute atomic E-state index is 0.0483. The number of methoxy groups -OCH3 is 1. The molecule has 3 rings (SSSR count). The van der Waals surface area contributed by atoms with E-state index in [4.69, 9.17) is 16.3 Å². The zero-order valence-corrected chi connectivity index (χ0v) is 13.6. The first-order valence-electron chi connectivity index (χ1n) is 7.24. The Morgan fingerprint density at radius 1 is 1.12 bits per heavy atom. The molecule has 0 saturated heterocycles. The molecule has 0 aliphatic carbocycles. The predicted octanol–water partition coefficient (Wildman–Crippen LogP) is 3.76. The lowest BCUT2D eigenvalue weighted by Gasteiger charge is -2.11. The lowest BCUT2D eigenvalue weighted by Crippen LogP contribution is -2.23. The summed E-state index contributed by atoms with van der Waals surface area (Å²) < 4.78 is 20.5. The van der Waals surface area contributed by atoms with E-state index in [0.29, 0.717) is 11.4 Å². The van der Waals surface area contributed by atoms with Crippen molar-refractivity contribution in [3.63, 3.8) is 0 Å². The van der Waals surface area contributed by atoms with Crippen molar-refractivity contribution in [2.45, 2.75) is 6.54 Å². The third kappa shape index (κ3) is 3.16. The summed E-state index contributed by atoms with van der Waals surface area (Å²) in [7, 11) is 1.56. The van der Waals surface area contributed by atoms with Crippen molar-refractivity contribution in [2.24, 2.45) is 0 Å². The van der Waals surface area contributed by atoms with Crippen LogP contribution in [0.1, 0.15) is 5.56 Å². The predicted molar refractivity (Wildman–Crippen MR) is 91.0 cm³/mol. The van der Waals surface area contributed by atoms with Gasteiger partial charge in [-0.25, -0.2) is 9.07 Å². The number of halogens is 2. The maximum absolute atomic E-state index is 14.0. The van der Waals surface area contributed by atoms with Crippen LogP contribution in [0.25, 0.3) is 11.3 Å². The third-order valence-corrected chi connectivity index (χ3v) is 3.97. The van der Waals surface area contributed by atoms with Gasteiger partial charge < -0.3 is 4.74 Å². The molecule has 0 atom stereocenters. The molecule has 0 amide bonds. The second-order valence-electron chi connectivity index (χ2n) is 5.11. The van der Waals surface area contributed by atoms with Gasteiger partial charge in [0.05, 0.1) is 19.3 Å². The highest BCUT2D eigenvalue weighted by Gasteiger charge is 2.12. The average Bonchev–Trinajstić information content (AvgIpc) is 2.60. The summed E-state index contributed by atoms with van der Waals surface area (Å²) in [5.74, 6) is 0.165. The van der Waals surface area contributed by atoms with Crippen LogP contribution in [0.3, 0.4) is 0 Å². The summed E-state index contributed by atoms with van der Waals surface area (Å²) in [6.07, 6.45) is 0. The average molecular weight is 345 g/mol. The van der Waals surface area contributed by atoms with Gasteiger partial charge in [0.25, 0.3) is 5.56 Å². The molecule has 1 aromatic heterocycles. The van der Waals surface area contributed by atoms with Gasteiger partial charge >= 0.3 is 0 Å². The van der Waals surface area contributed by atoms with E-state index in [-0.39, 0.29) is 22.7 Å². The van der Waals surface area contributed by atoms with Crippen molar-refractivity contribution in [1.29, 1.82) is 0 Å². The lowest BCUT2D eigenvalue weighted by atomic mass is 10.1. The second kappa shape index (κ2) is 6.84. The van der Waals surface area contributed by atoms with Gasteiger partial charge in [-0.3, -0.25) is 4.79 Å². The van der Waals surface area contributed by atoms with Gasteiger partial charge in [0, 0.05) is 22.2 Å². The molecule has 0 fully saturated rings. The van der Waals surface area contributed by atoms with E-state index in [9.17, 15) is 9.18 Å². The first-order valence-corrected chi connectivity index (χ1v) is 7.62. The van der Waals surface area contributed by atoms with Gasteiger partial charge in [-0.05, 0) is 30.3 Å². The molecule has 0 N–H and O–H groups in total. The van der Waals surface area contributed by atoms with Crippen LogP contribution >= 0.6 is 11.6 Å². The van der Waals surface area contributed by atoms with Crippen LogP contribution in [0, 0.1) is 5.82 Å². The van der Waals surface area contributed by atoms with Gasteiger partial charge in [-0.1, -0.05) is 29.8 Å². The van der Waals surface area contributed by atoms with Crippen LogP contribution in [-0.2, 0) is 6.54 Å². The maximum Gasteiger partial charge on any atom is 0.267 e. The molecule has 0 unspecified atom stereocenters. The lowest BCUT2D eigenvalue weighted by molar-refractivity contribution is 0.416. The van der Waals surface area contributed by atoms with Crippen molar-refractivity contribution in [3.8, 4) is 17.0 Å². The minimum Gasteiger partial charge on any atom is -0.496 e. The molecule has 0 radical (unpaired) electrons. The number of hydrogen-bond donors (Lipinski definition) is 0. The summed E-state index contributed by atoms with van der Waals surface area (Å²) in [5, 5.41) is 4.58. The topological polar surface area (TPSA) is 44.1 Å². The molecule has 24 heavy (non-hydrogen) atoms. The van der Waals surface area contributed by atoms with Crippen molar-refractivity contribution in [3.05, 3.63) is 81.4 Å². The summed E-state index contributed by atoms with van der Waals surface area (Å²) in [6, 6.07) is 14.7. The summed E-state index contributed by atoms with van der Waals surface area (Å²) in [5.41, 5.74) is 1.19. The summed E-state index contributed by atoms with van der Waals surface area (Å²) in [6.45, 7) is -0.0483. The first kappa shape index (κ1) is 16.2. The van der Waals surface area contributed by atoms with Crippen LogP contribution in [0.2, 0.25) is 5.02 Å². The largest absolute Gasteiger partial charge is 0.496 e. The molecule has 0 spiro atoms. The Hall–Kier alpha value is -2.66. The fourth-order valence-corrected chi connectivity index (χ4v) is 2.62. The smallest absolute Gasteiger partial charge is 0.267 e. The molecule has 1 heterocycles. The summed E-state index contributed by atoms with van der Waals surface area (Å²) >= 11 is 6.03. The SMILES string of the molecule is COc1ccccc1-c1ccc(=O)n(Cc2c(F)cccc2Cl)n1. The fourth-order valence-electron chi connectivity index (χ4n) is 2.40. The van der Waals surface area contributed by atoms with Crippen molar-refractivity contribution in [1.82, 2.24) is 9.78 Å². The van der Waals surface area contributed by atoms with E-state index in [0.717, 1.165) is 5.56 Å². The Bertz CT molecular complexity index is 920. The van der Waals surface area contributed by atoms with Crippen LogP contribution < -0.4 is 10.3 Å². The van der Waals surface area contributed by atoms with E-state index < -0.39 is 5.82 Å². The molecule has 3 aromatic rings. The maximum atomic E-state index is 14.0. The molecule has 122 valence electrons. The molecule has 0 aliphatic rings. The molecule has 6 heteroatoms. The summed E-state index contributed by atoms with van der Waals surface area (Å²) in [4.78, 5) is 12.1. The number of ether oxygens (including phenoxy) is 1. The Morgan fingerprint density at radius 2 is 1.92 bits per heavy atom. The first-order chi connectivity index (χ1) is 11.6. The fraction of sp³-hybridized carbons (Fsp3) is 0.111. The third-order valence-electron chi connectivity index (χ3n) is 3.62. The quantitative estimate of drug-likeness (QED) is 0.724. The molecular weight excluding hydrogens is 331 g/mol. The highest BCUT2D eigenvalue weighted by Crippen LogP contribution is 2.27. The number of benzene rings is 2. The van der Waals surface area contributed by atoms with Gasteiger partial charge in [0.2, 0.25) is 0 Å². The monoisotopic (exact) mass is 344 g/mol. The standard InChI is InChI=1S/C18H14ClFN2O2/c1-24-17-8-3-2-5-12(17)16-9-10-18(23)22(21-16)11-13-14(19)6-4-7-15(13)20/h2-10H,11H2,1H3. The zero-order chi connectivity index (χ0) is 17.1. The van der Waals surface area contributed by atoms with Crippen LogP contribution in [0.5, 0.6) is 5.75 Å². The van der Waals surface area contributed by atoms with Gasteiger partial charge in [-0.2, -0.15) is 5.10 Å². The molecule has 0 saturated carbocycles. The Balaban J connectivity index is 2.06. The molecule has 2 aromatic carbocycles. The molecule has 0 aliphatic heterocycles. The Labute approximate surface area is 143 Å². The Morgan fingerprint density at radius 3 is 2.67 bits per heavy atom. The van der Waals surface area contributed by atoms with Crippen LogP contribution in [0.4, 0.5) is 4.39 Å². The number of para-hydroxylation sites is 1. The molecule has 4 nitrogen and oxygen atoms in total. The number of hydrogen-bond acceptors (Lipinski definition) is 3. The second-order valence-corrected chi connectivity index (χ2v) is 5.52. The van der Waals surface area contributed by atoms with Gasteiger partial charge in [-0.15, -0.1) is 0 Å². The zero-order valence-electron chi connectivity index (χ0n) is 12.9. The van der Waals surface area contributed by atoms with Crippen molar-refractivity contribution in [2.75, 3.05) is 7.11 Å². The highest BCUT2D eigenvalue weighted by atomic mass is 35.5. The van der Waals surface area contributed by atoms with Crippen LogP contribution in [-0.4, -0.2) is 16.9 Å². The van der Waals surface area contributed by atoms with Crippen molar-refractivity contribution < 1.29 is 9.13 Å². The number of rotatable bonds is 4. The van der Waals surface area contributed by atoms with E-state index in [1.54, 1.807) is 25.3 Å². The Kier molecular flexibility index (Phi) is 4.62. The molecule has 0 bridgehead atoms.